The average Bonchev–Trinajstić information content (AvgIpc) is 2.70. The highest BCUT2D eigenvalue weighted by atomic mass is 16.1. The number of fused-ring (bicyclic) bond motifs is 1. The van der Waals surface area contributed by atoms with Crippen LogP contribution in [0.15, 0.2) is 18.3 Å². The second-order valence-electron chi connectivity index (χ2n) is 6.11. The maximum atomic E-state index is 11.8. The number of aryl methyl sites for hydroxylation is 2. The largest absolute Gasteiger partial charge is 0.384 e. The van der Waals surface area contributed by atoms with Gasteiger partial charge in [0, 0.05) is 12.3 Å². The summed E-state index contributed by atoms with van der Waals surface area (Å²) < 4.78 is 0. The van der Waals surface area contributed by atoms with E-state index in [1.165, 1.54) is 22.3 Å². The summed E-state index contributed by atoms with van der Waals surface area (Å²) in [6.45, 7) is 6.37. The van der Waals surface area contributed by atoms with Crippen LogP contribution < -0.4 is 5.32 Å². The SMILES string of the molecule is Cc1cc2c(cc1C)C(C1CC(=O)C(C)C1)NC=C2. The number of rotatable bonds is 1. The average molecular weight is 255 g/mol. The molecule has 1 heterocycles. The van der Waals surface area contributed by atoms with Gasteiger partial charge in [0.05, 0.1) is 6.04 Å². The first-order valence-corrected chi connectivity index (χ1v) is 7.12. The van der Waals surface area contributed by atoms with Crippen molar-refractivity contribution in [3.05, 3.63) is 40.6 Å². The molecule has 1 saturated carbocycles. The first-order valence-electron chi connectivity index (χ1n) is 7.12. The standard InChI is InChI=1S/C17H21NO/c1-10-6-13-4-5-18-17(15(13)8-11(10)2)14-7-12(3)16(19)9-14/h4-6,8,12,14,17-18H,7,9H2,1-3H3. The molecule has 1 aromatic carbocycles. The Kier molecular flexibility index (Phi) is 2.96. The van der Waals surface area contributed by atoms with Crippen LogP contribution in [0.25, 0.3) is 6.08 Å². The van der Waals surface area contributed by atoms with E-state index in [0.717, 1.165) is 12.8 Å². The minimum atomic E-state index is 0.229. The van der Waals surface area contributed by atoms with Crippen molar-refractivity contribution in [1.29, 1.82) is 0 Å². The van der Waals surface area contributed by atoms with Crippen molar-refractivity contribution >= 4 is 11.9 Å². The molecule has 0 saturated heterocycles. The zero-order chi connectivity index (χ0) is 13.6. The van der Waals surface area contributed by atoms with Gasteiger partial charge < -0.3 is 5.32 Å². The lowest BCUT2D eigenvalue weighted by atomic mass is 9.85. The van der Waals surface area contributed by atoms with Crippen LogP contribution in [0.2, 0.25) is 0 Å². The number of carbonyl (C=O) groups excluding carboxylic acids is 1. The lowest BCUT2D eigenvalue weighted by Crippen LogP contribution is -2.26. The first kappa shape index (κ1) is 12.5. The summed E-state index contributed by atoms with van der Waals surface area (Å²) >= 11 is 0. The first-order chi connectivity index (χ1) is 9.06. The summed E-state index contributed by atoms with van der Waals surface area (Å²) in [5.41, 5.74) is 5.33. The fraction of sp³-hybridized carbons (Fsp3) is 0.471. The van der Waals surface area contributed by atoms with Crippen molar-refractivity contribution in [2.24, 2.45) is 11.8 Å². The Morgan fingerprint density at radius 1 is 1.21 bits per heavy atom. The van der Waals surface area contributed by atoms with Crippen LogP contribution in [0.5, 0.6) is 0 Å². The third-order valence-electron chi connectivity index (χ3n) is 4.71. The highest BCUT2D eigenvalue weighted by Gasteiger charge is 2.36. The van der Waals surface area contributed by atoms with Crippen LogP contribution in [0.4, 0.5) is 0 Å². The molecule has 0 amide bonds. The molecular weight excluding hydrogens is 234 g/mol. The number of carbonyl (C=O) groups is 1. The summed E-state index contributed by atoms with van der Waals surface area (Å²) in [6.07, 6.45) is 5.91. The van der Waals surface area contributed by atoms with Gasteiger partial charge in [-0.2, -0.15) is 0 Å². The highest BCUT2D eigenvalue weighted by molar-refractivity contribution is 5.83. The number of nitrogens with one attached hydrogen (secondary N) is 1. The Hall–Kier alpha value is -1.57. The van der Waals surface area contributed by atoms with E-state index < -0.39 is 0 Å². The topological polar surface area (TPSA) is 29.1 Å². The van der Waals surface area contributed by atoms with E-state index in [2.05, 4.69) is 44.3 Å². The summed E-state index contributed by atoms with van der Waals surface area (Å²) in [6, 6.07) is 4.85. The maximum Gasteiger partial charge on any atom is 0.136 e. The Bertz CT molecular complexity index is 559. The maximum absolute atomic E-state index is 11.8. The van der Waals surface area contributed by atoms with Gasteiger partial charge in [-0.1, -0.05) is 19.1 Å². The van der Waals surface area contributed by atoms with Gasteiger partial charge in [0.25, 0.3) is 0 Å². The number of ketones is 1. The van der Waals surface area contributed by atoms with Gasteiger partial charge in [-0.05, 0) is 60.7 Å². The fourth-order valence-corrected chi connectivity index (χ4v) is 3.38. The second kappa shape index (κ2) is 4.52. The van der Waals surface area contributed by atoms with E-state index in [4.69, 9.17) is 0 Å². The molecule has 1 aromatic rings. The minimum Gasteiger partial charge on any atom is -0.384 e. The lowest BCUT2D eigenvalue weighted by Gasteiger charge is -2.29. The molecule has 19 heavy (non-hydrogen) atoms. The van der Waals surface area contributed by atoms with Crippen LogP contribution in [-0.2, 0) is 4.79 Å². The molecule has 0 bridgehead atoms. The number of Topliss-reactive ketones (excluding diaryl/α,β-unsaturated/α-hetero) is 1. The highest BCUT2D eigenvalue weighted by Crippen LogP contribution is 2.40. The Morgan fingerprint density at radius 3 is 2.63 bits per heavy atom. The molecule has 0 spiro atoms. The van der Waals surface area contributed by atoms with Gasteiger partial charge in [0.15, 0.2) is 0 Å². The van der Waals surface area contributed by atoms with Gasteiger partial charge in [0.2, 0.25) is 0 Å². The molecular formula is C17H21NO. The molecule has 1 aliphatic carbocycles. The monoisotopic (exact) mass is 255 g/mol. The van der Waals surface area contributed by atoms with Crippen molar-refractivity contribution in [1.82, 2.24) is 5.32 Å². The van der Waals surface area contributed by atoms with Crippen LogP contribution in [-0.4, -0.2) is 5.78 Å². The van der Waals surface area contributed by atoms with Crippen molar-refractivity contribution in [3.8, 4) is 0 Å². The van der Waals surface area contributed by atoms with Crippen molar-refractivity contribution < 1.29 is 4.79 Å². The molecule has 2 heteroatoms. The molecule has 2 nitrogen and oxygen atoms in total. The summed E-state index contributed by atoms with van der Waals surface area (Å²) in [4.78, 5) is 11.8. The smallest absolute Gasteiger partial charge is 0.136 e. The Labute approximate surface area is 114 Å². The van der Waals surface area contributed by atoms with E-state index in [1.54, 1.807) is 0 Å². The van der Waals surface area contributed by atoms with Crippen LogP contribution in [0.1, 0.15) is 48.1 Å². The number of benzene rings is 1. The zero-order valence-electron chi connectivity index (χ0n) is 11.9. The Balaban J connectivity index is 1.97. The van der Waals surface area contributed by atoms with Gasteiger partial charge in [-0.3, -0.25) is 4.79 Å². The van der Waals surface area contributed by atoms with Crippen LogP contribution >= 0.6 is 0 Å². The lowest BCUT2D eigenvalue weighted by molar-refractivity contribution is -0.120. The predicted octanol–water partition coefficient (Wildman–Crippen LogP) is 3.53. The van der Waals surface area contributed by atoms with Gasteiger partial charge in [0.1, 0.15) is 5.78 Å². The van der Waals surface area contributed by atoms with Gasteiger partial charge in [-0.25, -0.2) is 0 Å². The minimum absolute atomic E-state index is 0.229. The van der Waals surface area contributed by atoms with E-state index in [-0.39, 0.29) is 5.92 Å². The normalized spacial score (nSPS) is 29.2. The van der Waals surface area contributed by atoms with Gasteiger partial charge in [-0.15, -0.1) is 0 Å². The summed E-state index contributed by atoms with van der Waals surface area (Å²) in [7, 11) is 0. The fourth-order valence-electron chi connectivity index (χ4n) is 3.38. The molecule has 1 N–H and O–H groups in total. The summed E-state index contributed by atoms with van der Waals surface area (Å²) in [5, 5.41) is 3.47. The molecule has 100 valence electrons. The summed E-state index contributed by atoms with van der Waals surface area (Å²) in [5.74, 6) is 1.09. The van der Waals surface area contributed by atoms with E-state index in [0.29, 0.717) is 17.7 Å². The predicted molar refractivity (Wildman–Crippen MR) is 77.7 cm³/mol. The number of hydrogen-bond acceptors (Lipinski definition) is 2. The molecule has 3 atom stereocenters. The molecule has 0 aromatic heterocycles. The second-order valence-corrected chi connectivity index (χ2v) is 6.11. The quantitative estimate of drug-likeness (QED) is 0.831. The van der Waals surface area contributed by atoms with Crippen LogP contribution in [0, 0.1) is 25.7 Å². The van der Waals surface area contributed by atoms with E-state index >= 15 is 0 Å². The van der Waals surface area contributed by atoms with Crippen molar-refractivity contribution in [2.45, 2.75) is 39.7 Å². The third kappa shape index (κ3) is 2.09. The molecule has 3 unspecified atom stereocenters. The van der Waals surface area contributed by atoms with Crippen LogP contribution in [0.3, 0.4) is 0 Å². The molecule has 1 aliphatic heterocycles. The van der Waals surface area contributed by atoms with E-state index in [1.807, 2.05) is 6.20 Å². The Morgan fingerprint density at radius 2 is 1.95 bits per heavy atom. The molecule has 0 radical (unpaired) electrons. The molecule has 2 aliphatic rings. The van der Waals surface area contributed by atoms with Crippen molar-refractivity contribution in [2.75, 3.05) is 0 Å². The molecule has 3 rings (SSSR count). The van der Waals surface area contributed by atoms with Crippen molar-refractivity contribution in [3.63, 3.8) is 0 Å². The van der Waals surface area contributed by atoms with Gasteiger partial charge >= 0.3 is 0 Å². The number of hydrogen-bond donors (Lipinski definition) is 1. The zero-order valence-corrected chi connectivity index (χ0v) is 11.9. The molecule has 1 fully saturated rings. The van der Waals surface area contributed by atoms with E-state index in [9.17, 15) is 4.79 Å². The third-order valence-corrected chi connectivity index (χ3v) is 4.71.